The number of hydrogen-bond acceptors (Lipinski definition) is 4. The average molecular weight is 311 g/mol. The number of carbonyl (C=O) groups excluding carboxylic acids is 1. The highest BCUT2D eigenvalue weighted by atomic mass is 16.6. The second kappa shape index (κ2) is 5.72. The van der Waals surface area contributed by atoms with Crippen LogP contribution < -0.4 is 11.1 Å². The summed E-state index contributed by atoms with van der Waals surface area (Å²) >= 11 is 0. The number of amides is 1. The van der Waals surface area contributed by atoms with Crippen molar-refractivity contribution in [3.8, 4) is 0 Å². The molecule has 0 aliphatic heterocycles. The lowest BCUT2D eigenvalue weighted by atomic mass is 9.96. The minimum atomic E-state index is -0.585. The van der Waals surface area contributed by atoms with E-state index >= 15 is 0 Å². The molecule has 2 aromatic rings. The third-order valence-corrected chi connectivity index (χ3v) is 4.32. The molecule has 0 unspecified atom stereocenters. The van der Waals surface area contributed by atoms with Gasteiger partial charge in [0.2, 0.25) is 0 Å². The molecule has 0 bridgehead atoms. The Bertz CT molecular complexity index is 755. The van der Waals surface area contributed by atoms with Crippen molar-refractivity contribution < 1.29 is 9.72 Å². The van der Waals surface area contributed by atoms with E-state index in [-0.39, 0.29) is 28.3 Å². The third kappa shape index (κ3) is 3.01. The fourth-order valence-electron chi connectivity index (χ4n) is 2.70. The number of nitro groups is 1. The van der Waals surface area contributed by atoms with Gasteiger partial charge < -0.3 is 11.1 Å². The molecule has 0 heterocycles. The minimum Gasteiger partial charge on any atom is -0.393 e. The predicted molar refractivity (Wildman–Crippen MR) is 87.2 cm³/mol. The van der Waals surface area contributed by atoms with Gasteiger partial charge >= 0.3 is 0 Å². The van der Waals surface area contributed by atoms with Crippen LogP contribution in [-0.2, 0) is 5.41 Å². The van der Waals surface area contributed by atoms with Gasteiger partial charge in [-0.05, 0) is 30.5 Å². The minimum absolute atomic E-state index is 0.00331. The largest absolute Gasteiger partial charge is 0.393 e. The van der Waals surface area contributed by atoms with Crippen molar-refractivity contribution in [2.75, 3.05) is 12.3 Å². The molecule has 118 valence electrons. The van der Waals surface area contributed by atoms with Crippen molar-refractivity contribution in [1.29, 1.82) is 0 Å². The molecule has 0 radical (unpaired) electrons. The van der Waals surface area contributed by atoms with Gasteiger partial charge in [-0.3, -0.25) is 14.9 Å². The van der Waals surface area contributed by atoms with Crippen molar-refractivity contribution in [3.05, 3.63) is 69.8 Å². The monoisotopic (exact) mass is 311 g/mol. The van der Waals surface area contributed by atoms with E-state index in [4.69, 9.17) is 5.73 Å². The van der Waals surface area contributed by atoms with Crippen molar-refractivity contribution >= 4 is 17.3 Å². The van der Waals surface area contributed by atoms with Gasteiger partial charge in [0.15, 0.2) is 0 Å². The SMILES string of the molecule is Nc1ccc(C(=O)NCC2(c3ccccc3)CC2)cc1[N+](=O)[O-]. The third-order valence-electron chi connectivity index (χ3n) is 4.32. The second-order valence-corrected chi connectivity index (χ2v) is 5.86. The van der Waals surface area contributed by atoms with E-state index in [9.17, 15) is 14.9 Å². The lowest BCUT2D eigenvalue weighted by Gasteiger charge is -2.16. The Morgan fingerprint density at radius 1 is 1.22 bits per heavy atom. The van der Waals surface area contributed by atoms with Crippen LogP contribution in [0.4, 0.5) is 11.4 Å². The average Bonchev–Trinajstić information content (AvgIpc) is 3.35. The molecule has 1 fully saturated rings. The highest BCUT2D eigenvalue weighted by Crippen LogP contribution is 2.47. The van der Waals surface area contributed by atoms with Crippen molar-refractivity contribution in [3.63, 3.8) is 0 Å². The first-order valence-electron chi connectivity index (χ1n) is 7.39. The zero-order valence-corrected chi connectivity index (χ0v) is 12.5. The number of nitrogens with two attached hydrogens (primary N) is 1. The van der Waals surface area contributed by atoms with Crippen LogP contribution in [0.2, 0.25) is 0 Å². The number of anilines is 1. The van der Waals surface area contributed by atoms with Crippen LogP contribution in [0.1, 0.15) is 28.8 Å². The van der Waals surface area contributed by atoms with Crippen LogP contribution in [0.3, 0.4) is 0 Å². The van der Waals surface area contributed by atoms with Gasteiger partial charge in [-0.2, -0.15) is 0 Å². The molecule has 3 N–H and O–H groups in total. The van der Waals surface area contributed by atoms with Crippen molar-refractivity contribution in [1.82, 2.24) is 5.32 Å². The molecule has 23 heavy (non-hydrogen) atoms. The molecule has 1 aliphatic rings. The maximum Gasteiger partial charge on any atom is 0.292 e. The normalized spacial score (nSPS) is 15.0. The van der Waals surface area contributed by atoms with Crippen LogP contribution in [0.5, 0.6) is 0 Å². The summed E-state index contributed by atoms with van der Waals surface area (Å²) in [5.41, 5.74) is 6.80. The molecule has 3 rings (SSSR count). The van der Waals surface area contributed by atoms with Gasteiger partial charge in [0.05, 0.1) is 4.92 Å². The lowest BCUT2D eigenvalue weighted by Crippen LogP contribution is -2.32. The number of nitrogens with zero attached hydrogens (tertiary/aromatic N) is 1. The standard InChI is InChI=1S/C17H17N3O3/c18-14-7-6-12(10-15(14)20(22)23)16(21)19-11-17(8-9-17)13-4-2-1-3-5-13/h1-7,10H,8-9,11,18H2,(H,19,21). The summed E-state index contributed by atoms with van der Waals surface area (Å²) in [5.74, 6) is -0.324. The Balaban J connectivity index is 1.71. The highest BCUT2D eigenvalue weighted by Gasteiger charge is 2.44. The number of nitrogens with one attached hydrogen (secondary N) is 1. The summed E-state index contributed by atoms with van der Waals surface area (Å²) in [6, 6.07) is 14.2. The summed E-state index contributed by atoms with van der Waals surface area (Å²) in [6.45, 7) is 0.522. The molecule has 6 nitrogen and oxygen atoms in total. The van der Waals surface area contributed by atoms with Crippen LogP contribution in [0, 0.1) is 10.1 Å². The fourth-order valence-corrected chi connectivity index (χ4v) is 2.70. The van der Waals surface area contributed by atoms with E-state index in [0.29, 0.717) is 6.54 Å². The lowest BCUT2D eigenvalue weighted by molar-refractivity contribution is -0.383. The molecule has 0 saturated heterocycles. The van der Waals surface area contributed by atoms with E-state index in [1.165, 1.54) is 23.8 Å². The van der Waals surface area contributed by atoms with Gasteiger partial charge in [-0.1, -0.05) is 30.3 Å². The van der Waals surface area contributed by atoms with Gasteiger partial charge in [0.25, 0.3) is 11.6 Å². The van der Waals surface area contributed by atoms with E-state index in [2.05, 4.69) is 17.4 Å². The summed E-state index contributed by atoms with van der Waals surface area (Å²) in [7, 11) is 0. The number of carbonyl (C=O) groups is 1. The van der Waals surface area contributed by atoms with Crippen LogP contribution in [0.15, 0.2) is 48.5 Å². The van der Waals surface area contributed by atoms with Crippen molar-refractivity contribution in [2.24, 2.45) is 0 Å². The maximum absolute atomic E-state index is 12.3. The molecular weight excluding hydrogens is 294 g/mol. The smallest absolute Gasteiger partial charge is 0.292 e. The summed E-state index contributed by atoms with van der Waals surface area (Å²) < 4.78 is 0. The molecule has 0 atom stereocenters. The first-order chi connectivity index (χ1) is 11.0. The Kier molecular flexibility index (Phi) is 3.73. The molecule has 1 aliphatic carbocycles. The maximum atomic E-state index is 12.3. The number of nitrogen functional groups attached to an aromatic ring is 1. The van der Waals surface area contributed by atoms with Crippen LogP contribution in [-0.4, -0.2) is 17.4 Å². The molecule has 6 heteroatoms. The first-order valence-corrected chi connectivity index (χ1v) is 7.39. The van der Waals surface area contributed by atoms with Crippen LogP contribution in [0.25, 0.3) is 0 Å². The molecular formula is C17H17N3O3. The molecule has 0 aromatic heterocycles. The van der Waals surface area contributed by atoms with Gasteiger partial charge in [0, 0.05) is 23.6 Å². The molecule has 1 saturated carbocycles. The Morgan fingerprint density at radius 2 is 1.91 bits per heavy atom. The van der Waals surface area contributed by atoms with Gasteiger partial charge in [0.1, 0.15) is 5.69 Å². The van der Waals surface area contributed by atoms with Crippen molar-refractivity contribution in [2.45, 2.75) is 18.3 Å². The van der Waals surface area contributed by atoms with E-state index in [1.54, 1.807) is 0 Å². The Labute approximate surface area is 133 Å². The van der Waals surface area contributed by atoms with Gasteiger partial charge in [-0.15, -0.1) is 0 Å². The van der Waals surface area contributed by atoms with E-state index < -0.39 is 4.92 Å². The summed E-state index contributed by atoms with van der Waals surface area (Å²) in [6.07, 6.45) is 2.05. The Morgan fingerprint density at radius 3 is 2.52 bits per heavy atom. The fraction of sp³-hybridized carbons (Fsp3) is 0.235. The van der Waals surface area contributed by atoms with Gasteiger partial charge in [-0.25, -0.2) is 0 Å². The topological polar surface area (TPSA) is 98.3 Å². The molecule has 0 spiro atoms. The highest BCUT2D eigenvalue weighted by molar-refractivity contribution is 5.95. The first kappa shape index (κ1) is 15.0. The number of nitro benzene ring substituents is 1. The zero-order chi connectivity index (χ0) is 16.4. The molecule has 1 amide bonds. The second-order valence-electron chi connectivity index (χ2n) is 5.86. The van der Waals surface area contributed by atoms with E-state index in [1.807, 2.05) is 18.2 Å². The molecule has 2 aromatic carbocycles. The number of benzene rings is 2. The Hall–Kier alpha value is -2.89. The summed E-state index contributed by atoms with van der Waals surface area (Å²) in [4.78, 5) is 22.6. The zero-order valence-electron chi connectivity index (χ0n) is 12.5. The summed E-state index contributed by atoms with van der Waals surface area (Å²) in [5, 5.41) is 13.8. The van der Waals surface area contributed by atoms with E-state index in [0.717, 1.165) is 12.8 Å². The van der Waals surface area contributed by atoms with Crippen LogP contribution >= 0.6 is 0 Å². The number of rotatable bonds is 5. The quantitative estimate of drug-likeness (QED) is 0.504. The predicted octanol–water partition coefficient (Wildman–Crippen LogP) is 2.64. The number of hydrogen-bond donors (Lipinski definition) is 2.